The van der Waals surface area contributed by atoms with Crippen LogP contribution in [-0.4, -0.2) is 68.4 Å². The molecule has 5 unspecified atom stereocenters. The highest BCUT2D eigenvalue weighted by Crippen LogP contribution is 2.53. The van der Waals surface area contributed by atoms with Gasteiger partial charge in [0, 0.05) is 60.0 Å². The highest BCUT2D eigenvalue weighted by molar-refractivity contribution is 6.05. The number of nitrogen functional groups attached to an aromatic ring is 1. The molecule has 0 spiro atoms. The van der Waals surface area contributed by atoms with Crippen molar-refractivity contribution in [1.82, 2.24) is 9.97 Å². The Bertz CT molecular complexity index is 1590. The summed E-state index contributed by atoms with van der Waals surface area (Å²) in [6.07, 6.45) is 13.1. The van der Waals surface area contributed by atoms with Crippen LogP contribution in [0.3, 0.4) is 0 Å². The predicted octanol–water partition coefficient (Wildman–Crippen LogP) is 4.88. The number of pyridine rings is 1. The molecule has 2 aliphatic rings. The number of hydrogen-bond acceptors (Lipinski definition) is 9. The van der Waals surface area contributed by atoms with Gasteiger partial charge in [0.2, 0.25) is 0 Å². The third-order valence-corrected chi connectivity index (χ3v) is 10.4. The molecule has 2 aromatic heterocycles. The summed E-state index contributed by atoms with van der Waals surface area (Å²) in [5.74, 6) is -0.0612. The molecule has 48 heavy (non-hydrogen) atoms. The molecule has 3 aromatic rings. The van der Waals surface area contributed by atoms with Crippen LogP contribution >= 0.6 is 0 Å². The minimum Gasteiger partial charge on any atom is -0.504 e. The molecular formula is C38H49N3O7. The summed E-state index contributed by atoms with van der Waals surface area (Å²) >= 11 is 0. The number of phenolic OH excluding ortho intramolecular Hbond substituents is 1. The van der Waals surface area contributed by atoms with E-state index in [1.54, 1.807) is 18.3 Å². The van der Waals surface area contributed by atoms with E-state index < -0.39 is 29.0 Å². The number of fused-ring (bicyclic) bond motifs is 1. The molecule has 10 heteroatoms. The number of carbonyl (C=O) groups is 2. The second-order valence-corrected chi connectivity index (χ2v) is 13.6. The van der Waals surface area contributed by atoms with Crippen LogP contribution in [0.1, 0.15) is 91.7 Å². The molecule has 0 radical (unpaired) electrons. The second-order valence-electron chi connectivity index (χ2n) is 13.6. The minimum absolute atomic E-state index is 0.0720. The first-order chi connectivity index (χ1) is 23.2. The number of phenols is 1. The van der Waals surface area contributed by atoms with Gasteiger partial charge in [0.1, 0.15) is 5.82 Å². The third-order valence-electron chi connectivity index (χ3n) is 10.4. The van der Waals surface area contributed by atoms with Gasteiger partial charge in [-0.3, -0.25) is 9.59 Å². The molecule has 0 bridgehead atoms. The summed E-state index contributed by atoms with van der Waals surface area (Å²) < 4.78 is 5.57. The number of aliphatic hydroxyl groups excluding tert-OH is 3. The molecule has 5 rings (SSSR count). The van der Waals surface area contributed by atoms with Gasteiger partial charge in [-0.05, 0) is 79.3 Å². The summed E-state index contributed by atoms with van der Waals surface area (Å²) in [4.78, 5) is 33.3. The first kappa shape index (κ1) is 35.3. The standard InChI is InChI=1S/C38H49N3O7/c1-48-33-21-26(10-11-32(45)36(47)31(44)9-3-7-24-5-2-6-25(19-24)14-18-42)20-30(35(33)46)34-28-13-17-41-37(39)29(28)12-15-38(34,23-43)22-27-8-4-16-40-27/h4,8,12-13,15-17,20-21,24-25,34,36,40,42-43,46-47H,2-3,5-7,9-11,14,18-19,22-23H2,1H3,(H2,39,41). The number of carbonyl (C=O) groups excluding carboxylic acids is 2. The van der Waals surface area contributed by atoms with Crippen LogP contribution in [0.5, 0.6) is 11.5 Å². The van der Waals surface area contributed by atoms with Crippen molar-refractivity contribution in [3.8, 4) is 11.5 Å². The van der Waals surface area contributed by atoms with Crippen molar-refractivity contribution in [3.63, 3.8) is 0 Å². The molecule has 0 saturated heterocycles. The van der Waals surface area contributed by atoms with Gasteiger partial charge in [-0.2, -0.15) is 0 Å². The molecule has 7 N–H and O–H groups in total. The number of nitrogens with one attached hydrogen (secondary N) is 1. The summed E-state index contributed by atoms with van der Waals surface area (Å²) in [7, 11) is 1.45. The minimum atomic E-state index is -1.68. The average molecular weight is 660 g/mol. The molecule has 2 aliphatic carbocycles. The van der Waals surface area contributed by atoms with Crippen LogP contribution in [-0.2, 0) is 22.4 Å². The first-order valence-electron chi connectivity index (χ1n) is 17.1. The fraction of sp³-hybridized carbons (Fsp3) is 0.500. The maximum atomic E-state index is 13.0. The molecule has 10 nitrogen and oxygen atoms in total. The van der Waals surface area contributed by atoms with E-state index >= 15 is 0 Å². The number of Topliss-reactive ketones (excluding diaryl/α,β-unsaturated/α-hetero) is 2. The van der Waals surface area contributed by atoms with Crippen LogP contribution in [0, 0.1) is 17.3 Å². The van der Waals surface area contributed by atoms with E-state index in [1.807, 2.05) is 36.5 Å². The number of ether oxygens (including phenoxy) is 1. The van der Waals surface area contributed by atoms with E-state index in [0.717, 1.165) is 49.8 Å². The van der Waals surface area contributed by atoms with Gasteiger partial charge >= 0.3 is 0 Å². The molecule has 5 atom stereocenters. The van der Waals surface area contributed by atoms with Crippen molar-refractivity contribution >= 4 is 23.5 Å². The van der Waals surface area contributed by atoms with E-state index in [1.165, 1.54) is 7.11 Å². The smallest absolute Gasteiger partial charge is 0.170 e. The number of anilines is 1. The zero-order chi connectivity index (χ0) is 34.3. The number of aromatic nitrogens is 2. The normalized spacial score (nSPS) is 22.6. The Hall–Kier alpha value is -3.99. The van der Waals surface area contributed by atoms with Gasteiger partial charge in [0.15, 0.2) is 29.2 Å². The van der Waals surface area contributed by atoms with Crippen molar-refractivity contribution in [2.24, 2.45) is 17.3 Å². The SMILES string of the molecule is COc1cc(CCC(=O)C(O)C(=O)CCCC2CCCC(CCO)C2)cc(C2c3ccnc(N)c3C=CC2(CO)Cc2ccc[nH]2)c1O. The number of aromatic hydroxyl groups is 1. The maximum absolute atomic E-state index is 13.0. The Morgan fingerprint density at radius 1 is 1.10 bits per heavy atom. The molecule has 1 fully saturated rings. The summed E-state index contributed by atoms with van der Waals surface area (Å²) in [6.45, 7) is -0.0315. The quantitative estimate of drug-likeness (QED) is 0.117. The van der Waals surface area contributed by atoms with E-state index in [0.29, 0.717) is 47.2 Å². The molecule has 2 heterocycles. The number of benzene rings is 1. The van der Waals surface area contributed by atoms with Crippen molar-refractivity contribution < 1.29 is 34.8 Å². The van der Waals surface area contributed by atoms with Crippen molar-refractivity contribution in [3.05, 3.63) is 76.7 Å². The molecule has 1 aromatic carbocycles. The van der Waals surface area contributed by atoms with Gasteiger partial charge in [0.05, 0.1) is 13.7 Å². The number of aromatic amines is 1. The van der Waals surface area contributed by atoms with Gasteiger partial charge in [-0.25, -0.2) is 4.98 Å². The van der Waals surface area contributed by atoms with Gasteiger partial charge in [0.25, 0.3) is 0 Å². The van der Waals surface area contributed by atoms with Crippen LogP contribution < -0.4 is 10.5 Å². The number of aliphatic hydroxyl groups is 3. The number of nitrogens with two attached hydrogens (primary N) is 1. The Morgan fingerprint density at radius 3 is 2.58 bits per heavy atom. The van der Waals surface area contributed by atoms with Crippen molar-refractivity contribution in [2.75, 3.05) is 26.1 Å². The zero-order valence-corrected chi connectivity index (χ0v) is 27.7. The van der Waals surface area contributed by atoms with E-state index in [4.69, 9.17) is 10.5 Å². The molecular weight excluding hydrogens is 610 g/mol. The highest BCUT2D eigenvalue weighted by atomic mass is 16.5. The van der Waals surface area contributed by atoms with Gasteiger partial charge < -0.3 is 35.9 Å². The number of methoxy groups -OCH3 is 1. The van der Waals surface area contributed by atoms with Crippen LogP contribution in [0.4, 0.5) is 5.82 Å². The van der Waals surface area contributed by atoms with E-state index in [9.17, 15) is 30.0 Å². The predicted molar refractivity (Wildman–Crippen MR) is 184 cm³/mol. The van der Waals surface area contributed by atoms with E-state index in [-0.39, 0.29) is 44.0 Å². The van der Waals surface area contributed by atoms with Crippen LogP contribution in [0.15, 0.2) is 48.8 Å². The number of hydrogen-bond donors (Lipinski definition) is 6. The zero-order valence-electron chi connectivity index (χ0n) is 27.7. The lowest BCUT2D eigenvalue weighted by Crippen LogP contribution is -2.36. The topological polar surface area (TPSA) is 179 Å². The lowest BCUT2D eigenvalue weighted by molar-refractivity contribution is -0.138. The van der Waals surface area contributed by atoms with Gasteiger partial charge in [-0.1, -0.05) is 43.9 Å². The molecule has 0 amide bonds. The van der Waals surface area contributed by atoms with Crippen molar-refractivity contribution in [1.29, 1.82) is 0 Å². The Labute approximate surface area is 282 Å². The second kappa shape index (κ2) is 15.9. The first-order valence-corrected chi connectivity index (χ1v) is 17.1. The molecule has 1 saturated carbocycles. The van der Waals surface area contributed by atoms with E-state index in [2.05, 4.69) is 9.97 Å². The van der Waals surface area contributed by atoms with Crippen LogP contribution in [0.25, 0.3) is 6.08 Å². The Kier molecular flexibility index (Phi) is 11.7. The lowest BCUT2D eigenvalue weighted by Gasteiger charge is -2.41. The number of ketones is 2. The van der Waals surface area contributed by atoms with Crippen molar-refractivity contribution in [2.45, 2.75) is 82.7 Å². The summed E-state index contributed by atoms with van der Waals surface area (Å²) in [5.41, 5.74) is 8.96. The fourth-order valence-corrected chi connectivity index (χ4v) is 7.87. The summed E-state index contributed by atoms with van der Waals surface area (Å²) in [5, 5.41) is 42.4. The fourth-order valence-electron chi connectivity index (χ4n) is 7.87. The summed E-state index contributed by atoms with van der Waals surface area (Å²) in [6, 6.07) is 9.13. The Balaban J connectivity index is 1.32. The molecule has 0 aliphatic heterocycles. The number of rotatable bonds is 16. The monoisotopic (exact) mass is 659 g/mol. The molecule has 258 valence electrons. The largest absolute Gasteiger partial charge is 0.504 e. The maximum Gasteiger partial charge on any atom is 0.170 e. The number of aryl methyl sites for hydroxylation is 1. The Morgan fingerprint density at radius 2 is 1.88 bits per heavy atom. The highest BCUT2D eigenvalue weighted by Gasteiger charge is 2.44. The number of H-pyrrole nitrogens is 1. The average Bonchev–Trinajstić information content (AvgIpc) is 3.60. The lowest BCUT2D eigenvalue weighted by atomic mass is 9.63. The van der Waals surface area contributed by atoms with Crippen LogP contribution in [0.2, 0.25) is 0 Å². The third kappa shape index (κ3) is 7.83. The van der Waals surface area contributed by atoms with Gasteiger partial charge in [-0.15, -0.1) is 0 Å². The number of nitrogens with zero attached hydrogens (tertiary/aromatic N) is 1.